The van der Waals surface area contributed by atoms with E-state index in [0.29, 0.717) is 42.0 Å². The SMILES string of the molecule is Cc1ccc(S(=O)(=O)n2cc(-c3cc(C(=O)CCCN4CCOCC4)nn3C)c3ccc(F)cc32)cc1. The Hall–Kier alpha value is -3.34. The van der Waals surface area contributed by atoms with Gasteiger partial charge in [-0.2, -0.15) is 5.10 Å². The average molecular weight is 525 g/mol. The van der Waals surface area contributed by atoms with E-state index in [1.807, 2.05) is 6.92 Å². The summed E-state index contributed by atoms with van der Waals surface area (Å²) in [7, 11) is -2.28. The molecule has 37 heavy (non-hydrogen) atoms. The van der Waals surface area contributed by atoms with Crippen LogP contribution in [0.15, 0.2) is 59.6 Å². The van der Waals surface area contributed by atoms with Crippen LogP contribution in [0, 0.1) is 12.7 Å². The maximum absolute atomic E-state index is 14.2. The van der Waals surface area contributed by atoms with E-state index in [1.165, 1.54) is 30.5 Å². The Bertz CT molecular complexity index is 1550. The topological polar surface area (TPSA) is 86.4 Å². The minimum absolute atomic E-state index is 0.0721. The van der Waals surface area contributed by atoms with Crippen LogP contribution in [0.2, 0.25) is 0 Å². The maximum atomic E-state index is 14.2. The molecule has 1 aliphatic heterocycles. The van der Waals surface area contributed by atoms with Crippen LogP contribution in [0.1, 0.15) is 28.9 Å². The highest BCUT2D eigenvalue weighted by atomic mass is 32.2. The van der Waals surface area contributed by atoms with Gasteiger partial charge in [0.1, 0.15) is 11.5 Å². The van der Waals surface area contributed by atoms with Crippen LogP contribution in [0.4, 0.5) is 4.39 Å². The lowest BCUT2D eigenvalue weighted by molar-refractivity contribution is 0.0371. The summed E-state index contributed by atoms with van der Waals surface area (Å²) in [5.41, 5.74) is 2.60. The first kappa shape index (κ1) is 25.3. The lowest BCUT2D eigenvalue weighted by atomic mass is 10.1. The molecule has 10 heteroatoms. The highest BCUT2D eigenvalue weighted by molar-refractivity contribution is 7.90. The number of aromatic nitrogens is 3. The Morgan fingerprint density at radius 1 is 1.08 bits per heavy atom. The second-order valence-corrected chi connectivity index (χ2v) is 11.2. The van der Waals surface area contributed by atoms with E-state index in [2.05, 4.69) is 10.00 Å². The van der Waals surface area contributed by atoms with E-state index in [4.69, 9.17) is 4.74 Å². The van der Waals surface area contributed by atoms with Gasteiger partial charge in [0.15, 0.2) is 5.78 Å². The van der Waals surface area contributed by atoms with E-state index < -0.39 is 15.8 Å². The molecule has 1 fully saturated rings. The molecule has 5 rings (SSSR count). The predicted octanol–water partition coefficient (Wildman–Crippen LogP) is 4.02. The molecule has 2 aromatic heterocycles. The van der Waals surface area contributed by atoms with Gasteiger partial charge in [0, 0.05) is 43.7 Å². The third kappa shape index (κ3) is 5.09. The number of ketones is 1. The molecule has 3 heterocycles. The second kappa shape index (κ2) is 10.2. The Kier molecular flexibility index (Phi) is 6.98. The number of morpholine rings is 1. The van der Waals surface area contributed by atoms with Crippen LogP contribution in [-0.4, -0.2) is 65.7 Å². The zero-order valence-electron chi connectivity index (χ0n) is 20.9. The van der Waals surface area contributed by atoms with Crippen molar-refractivity contribution in [2.24, 2.45) is 7.05 Å². The molecule has 194 valence electrons. The van der Waals surface area contributed by atoms with Crippen LogP contribution in [0.3, 0.4) is 0 Å². The Balaban J connectivity index is 1.47. The molecule has 0 aliphatic carbocycles. The minimum Gasteiger partial charge on any atom is -0.379 e. The van der Waals surface area contributed by atoms with E-state index in [1.54, 1.807) is 36.0 Å². The normalized spacial score (nSPS) is 14.9. The van der Waals surface area contributed by atoms with E-state index in [9.17, 15) is 17.6 Å². The average Bonchev–Trinajstić information content (AvgIpc) is 3.45. The van der Waals surface area contributed by atoms with Gasteiger partial charge in [0.05, 0.1) is 29.3 Å². The molecule has 0 radical (unpaired) electrons. The van der Waals surface area contributed by atoms with Crippen molar-refractivity contribution in [2.45, 2.75) is 24.7 Å². The number of ether oxygens (including phenoxy) is 1. The second-order valence-electron chi connectivity index (χ2n) is 9.34. The minimum atomic E-state index is -3.99. The first-order valence-corrected chi connectivity index (χ1v) is 13.7. The summed E-state index contributed by atoms with van der Waals surface area (Å²) in [5, 5.41) is 4.96. The summed E-state index contributed by atoms with van der Waals surface area (Å²) in [4.78, 5) is 15.3. The van der Waals surface area contributed by atoms with Gasteiger partial charge in [-0.15, -0.1) is 0 Å². The van der Waals surface area contributed by atoms with Gasteiger partial charge in [0.25, 0.3) is 10.0 Å². The number of Topliss-reactive ketones (excluding diaryl/α,β-unsaturated/α-hetero) is 1. The van der Waals surface area contributed by atoms with Crippen molar-refractivity contribution in [1.29, 1.82) is 0 Å². The number of halogens is 1. The molecule has 0 N–H and O–H groups in total. The van der Waals surface area contributed by atoms with Crippen molar-refractivity contribution < 1.29 is 22.3 Å². The Morgan fingerprint density at radius 2 is 1.81 bits per heavy atom. The van der Waals surface area contributed by atoms with Crippen molar-refractivity contribution in [3.05, 3.63) is 71.8 Å². The number of hydrogen-bond acceptors (Lipinski definition) is 6. The van der Waals surface area contributed by atoms with Crippen molar-refractivity contribution in [1.82, 2.24) is 18.7 Å². The van der Waals surface area contributed by atoms with E-state index in [0.717, 1.165) is 35.6 Å². The molecule has 1 saturated heterocycles. The summed E-state index contributed by atoms with van der Waals surface area (Å²) in [5.74, 6) is -0.615. The molecular weight excluding hydrogens is 495 g/mol. The molecule has 8 nitrogen and oxygen atoms in total. The van der Waals surface area contributed by atoms with E-state index in [-0.39, 0.29) is 16.2 Å². The van der Waals surface area contributed by atoms with Gasteiger partial charge < -0.3 is 4.74 Å². The summed E-state index contributed by atoms with van der Waals surface area (Å²) < 4.78 is 49.3. The number of rotatable bonds is 8. The Labute approximate surface area is 215 Å². The third-order valence-electron chi connectivity index (χ3n) is 6.73. The first-order valence-electron chi connectivity index (χ1n) is 12.2. The van der Waals surface area contributed by atoms with Crippen molar-refractivity contribution in [3.63, 3.8) is 0 Å². The zero-order chi connectivity index (χ0) is 26.2. The van der Waals surface area contributed by atoms with Gasteiger partial charge in [-0.3, -0.25) is 14.4 Å². The zero-order valence-corrected chi connectivity index (χ0v) is 21.7. The summed E-state index contributed by atoms with van der Waals surface area (Å²) in [6.07, 6.45) is 2.56. The summed E-state index contributed by atoms with van der Waals surface area (Å²) in [6, 6.07) is 12.2. The lowest BCUT2D eigenvalue weighted by Crippen LogP contribution is -2.36. The van der Waals surface area contributed by atoms with Crippen molar-refractivity contribution in [2.75, 3.05) is 32.8 Å². The van der Waals surface area contributed by atoms with Gasteiger partial charge >= 0.3 is 0 Å². The smallest absolute Gasteiger partial charge is 0.268 e. The van der Waals surface area contributed by atoms with Crippen LogP contribution < -0.4 is 0 Å². The van der Waals surface area contributed by atoms with Gasteiger partial charge in [-0.1, -0.05) is 17.7 Å². The van der Waals surface area contributed by atoms with E-state index >= 15 is 0 Å². The van der Waals surface area contributed by atoms with Gasteiger partial charge in [-0.25, -0.2) is 16.8 Å². The highest BCUT2D eigenvalue weighted by Gasteiger charge is 2.24. The van der Waals surface area contributed by atoms with Crippen molar-refractivity contribution in [3.8, 4) is 11.3 Å². The largest absolute Gasteiger partial charge is 0.379 e. The quantitative estimate of drug-likeness (QED) is 0.324. The number of benzene rings is 2. The molecular formula is C27H29FN4O4S. The molecule has 0 saturated carbocycles. The first-order chi connectivity index (χ1) is 17.7. The number of nitrogens with zero attached hydrogens (tertiary/aromatic N) is 4. The van der Waals surface area contributed by atoms with Crippen LogP contribution in [0.25, 0.3) is 22.2 Å². The standard InChI is InChI=1S/C27H29FN4O4S/c1-19-5-8-21(9-6-19)37(34,35)32-18-23(22-10-7-20(28)16-26(22)32)25-17-24(29-30(25)2)27(33)4-3-11-31-12-14-36-15-13-31/h5-10,16-18H,3-4,11-15H2,1-2H3. The molecule has 0 spiro atoms. The fraction of sp³-hybridized carbons (Fsp3) is 0.333. The molecule has 0 bridgehead atoms. The van der Waals surface area contributed by atoms with Gasteiger partial charge in [0.2, 0.25) is 0 Å². The number of aryl methyl sites for hydroxylation is 2. The molecule has 0 unspecified atom stereocenters. The fourth-order valence-corrected chi connectivity index (χ4v) is 6.03. The number of carbonyl (C=O) groups excluding carboxylic acids is 1. The summed E-state index contributed by atoms with van der Waals surface area (Å²) >= 11 is 0. The predicted molar refractivity (Wildman–Crippen MR) is 139 cm³/mol. The maximum Gasteiger partial charge on any atom is 0.268 e. The number of carbonyl (C=O) groups is 1. The highest BCUT2D eigenvalue weighted by Crippen LogP contribution is 2.34. The number of fused-ring (bicyclic) bond motifs is 1. The van der Waals surface area contributed by atoms with Crippen LogP contribution in [-0.2, 0) is 21.8 Å². The molecule has 2 aromatic carbocycles. The third-order valence-corrected chi connectivity index (χ3v) is 8.42. The monoisotopic (exact) mass is 524 g/mol. The van der Waals surface area contributed by atoms with Crippen LogP contribution in [0.5, 0.6) is 0 Å². The van der Waals surface area contributed by atoms with Gasteiger partial charge in [-0.05, 0) is 56.3 Å². The Morgan fingerprint density at radius 3 is 2.54 bits per heavy atom. The molecule has 1 aliphatic rings. The lowest BCUT2D eigenvalue weighted by Gasteiger charge is -2.26. The van der Waals surface area contributed by atoms with Crippen molar-refractivity contribution >= 4 is 26.7 Å². The molecule has 4 aromatic rings. The van der Waals surface area contributed by atoms with Crippen LogP contribution >= 0.6 is 0 Å². The summed E-state index contributed by atoms with van der Waals surface area (Å²) in [6.45, 7) is 5.88. The number of hydrogen-bond donors (Lipinski definition) is 0. The molecule has 0 atom stereocenters. The fourth-order valence-electron chi connectivity index (χ4n) is 4.67. The molecule has 0 amide bonds.